The van der Waals surface area contributed by atoms with Crippen molar-refractivity contribution in [3.8, 4) is 0 Å². The normalized spacial score (nSPS) is 18.0. The summed E-state index contributed by atoms with van der Waals surface area (Å²) in [5, 5.41) is 3.26. The highest BCUT2D eigenvalue weighted by Gasteiger charge is 2.39. The third-order valence-corrected chi connectivity index (χ3v) is 7.22. The molecular weight excluding hydrogens is 438 g/mol. The van der Waals surface area contributed by atoms with Gasteiger partial charge in [-0.3, -0.25) is 9.59 Å². The van der Waals surface area contributed by atoms with Crippen LogP contribution in [0, 0.1) is 5.92 Å². The molecule has 0 saturated heterocycles. The van der Waals surface area contributed by atoms with Gasteiger partial charge >= 0.3 is 0 Å². The number of hydrogen-bond donors (Lipinski definition) is 2. The number of rotatable bonds is 7. The van der Waals surface area contributed by atoms with E-state index in [1.54, 1.807) is 41.3 Å². The number of amides is 2. The van der Waals surface area contributed by atoms with Crippen LogP contribution in [0.25, 0.3) is 0 Å². The van der Waals surface area contributed by atoms with Crippen LogP contribution in [-0.4, -0.2) is 32.8 Å². The van der Waals surface area contributed by atoms with Crippen molar-refractivity contribution in [2.45, 2.75) is 43.5 Å². The van der Waals surface area contributed by atoms with E-state index >= 15 is 0 Å². The lowest BCUT2D eigenvalue weighted by Crippen LogP contribution is -2.36. The maximum Gasteiger partial charge on any atom is 0.240 e. The van der Waals surface area contributed by atoms with E-state index in [1.165, 1.54) is 6.07 Å². The Morgan fingerprint density at radius 1 is 1.13 bits per heavy atom. The molecule has 1 atom stereocenters. The van der Waals surface area contributed by atoms with Crippen molar-refractivity contribution in [1.29, 1.82) is 0 Å². The summed E-state index contributed by atoms with van der Waals surface area (Å²) in [5.74, 6) is -0.0637. The monoisotopic (exact) mass is 461 g/mol. The summed E-state index contributed by atoms with van der Waals surface area (Å²) in [6.45, 7) is 1.95. The van der Waals surface area contributed by atoms with Gasteiger partial charge in [0, 0.05) is 41.3 Å². The predicted molar refractivity (Wildman–Crippen MR) is 120 cm³/mol. The van der Waals surface area contributed by atoms with Gasteiger partial charge in [-0.2, -0.15) is 0 Å². The minimum atomic E-state index is -3.77. The molecule has 1 unspecified atom stereocenters. The fraction of sp³-hybridized carbons (Fsp3) is 0.364. The number of sulfonamides is 1. The number of carbonyl (C=O) groups is 2. The minimum absolute atomic E-state index is 0.00645. The van der Waals surface area contributed by atoms with Crippen LogP contribution in [0.5, 0.6) is 0 Å². The molecule has 0 radical (unpaired) electrons. The first-order valence-corrected chi connectivity index (χ1v) is 12.1. The zero-order chi connectivity index (χ0) is 22.2. The van der Waals surface area contributed by atoms with Crippen LogP contribution in [0.3, 0.4) is 0 Å². The van der Waals surface area contributed by atoms with Gasteiger partial charge in [-0.05, 0) is 74.2 Å². The predicted octanol–water partition coefficient (Wildman–Crippen LogP) is 3.33. The van der Waals surface area contributed by atoms with Crippen LogP contribution in [0.15, 0.2) is 47.4 Å². The summed E-state index contributed by atoms with van der Waals surface area (Å²) in [6.07, 6.45) is 2.48. The van der Waals surface area contributed by atoms with E-state index in [4.69, 9.17) is 11.6 Å². The van der Waals surface area contributed by atoms with E-state index in [-0.39, 0.29) is 41.6 Å². The number of fused-ring (bicyclic) bond motifs is 1. The number of nitrogens with zero attached hydrogens (tertiary/aromatic N) is 1. The molecule has 9 heteroatoms. The first-order chi connectivity index (χ1) is 14.7. The number of carbonyl (C=O) groups excluding carboxylic acids is 2. The second-order valence-electron chi connectivity index (χ2n) is 8.03. The van der Waals surface area contributed by atoms with Crippen LogP contribution in [0.1, 0.15) is 31.7 Å². The van der Waals surface area contributed by atoms with E-state index in [2.05, 4.69) is 10.0 Å². The number of hydrogen-bond acceptors (Lipinski definition) is 4. The van der Waals surface area contributed by atoms with Gasteiger partial charge in [0.15, 0.2) is 0 Å². The van der Waals surface area contributed by atoms with Crippen LogP contribution < -0.4 is 14.9 Å². The van der Waals surface area contributed by atoms with Crippen molar-refractivity contribution in [3.05, 3.63) is 53.1 Å². The largest absolute Gasteiger partial charge is 0.326 e. The first-order valence-electron chi connectivity index (χ1n) is 10.3. The van der Waals surface area contributed by atoms with Crippen molar-refractivity contribution in [1.82, 2.24) is 4.72 Å². The summed E-state index contributed by atoms with van der Waals surface area (Å²) in [6, 6.07) is 11.5. The van der Waals surface area contributed by atoms with Crippen molar-refractivity contribution < 1.29 is 18.0 Å². The van der Waals surface area contributed by atoms with E-state index in [0.29, 0.717) is 17.1 Å². The molecule has 2 aromatic rings. The third-order valence-electron chi connectivity index (χ3n) is 5.51. The Bertz CT molecular complexity index is 1110. The van der Waals surface area contributed by atoms with E-state index in [0.717, 1.165) is 24.1 Å². The summed E-state index contributed by atoms with van der Waals surface area (Å²) >= 11 is 5.81. The lowest BCUT2D eigenvalue weighted by molar-refractivity contribution is -0.120. The summed E-state index contributed by atoms with van der Waals surface area (Å²) in [5.41, 5.74) is 2.24. The molecule has 2 aliphatic rings. The van der Waals surface area contributed by atoms with E-state index in [9.17, 15) is 18.0 Å². The molecule has 0 bridgehead atoms. The SMILES string of the molecule is CC1Cc2cc(S(=O)(=O)NCCC(=O)Nc3ccc(Cl)cc3)ccc2N1C(=O)C1CC1. The Morgan fingerprint density at radius 2 is 1.84 bits per heavy atom. The first kappa shape index (κ1) is 21.8. The highest BCUT2D eigenvalue weighted by molar-refractivity contribution is 7.89. The highest BCUT2D eigenvalue weighted by atomic mass is 35.5. The quantitative estimate of drug-likeness (QED) is 0.661. The lowest BCUT2D eigenvalue weighted by atomic mass is 10.1. The smallest absolute Gasteiger partial charge is 0.240 e. The molecule has 31 heavy (non-hydrogen) atoms. The maximum absolute atomic E-state index is 12.7. The van der Waals surface area contributed by atoms with Crippen molar-refractivity contribution in [2.24, 2.45) is 5.92 Å². The second kappa shape index (κ2) is 8.61. The molecular formula is C22H24ClN3O4S. The van der Waals surface area contributed by atoms with Crippen molar-refractivity contribution >= 4 is 44.8 Å². The van der Waals surface area contributed by atoms with Gasteiger partial charge in [-0.1, -0.05) is 11.6 Å². The topological polar surface area (TPSA) is 95.6 Å². The lowest BCUT2D eigenvalue weighted by Gasteiger charge is -2.22. The Hall–Kier alpha value is -2.42. The molecule has 0 spiro atoms. The molecule has 4 rings (SSSR count). The van der Waals surface area contributed by atoms with Crippen molar-refractivity contribution in [2.75, 3.05) is 16.8 Å². The molecule has 1 fully saturated rings. The Morgan fingerprint density at radius 3 is 2.52 bits per heavy atom. The Labute approximate surface area is 186 Å². The number of anilines is 2. The number of benzene rings is 2. The molecule has 1 saturated carbocycles. The minimum Gasteiger partial charge on any atom is -0.326 e. The Balaban J connectivity index is 1.37. The van der Waals surface area contributed by atoms with Gasteiger partial charge in [0.25, 0.3) is 0 Å². The van der Waals surface area contributed by atoms with Crippen LogP contribution >= 0.6 is 11.6 Å². The second-order valence-corrected chi connectivity index (χ2v) is 10.2. The number of halogens is 1. The van der Waals surface area contributed by atoms with Gasteiger partial charge in [-0.15, -0.1) is 0 Å². The van der Waals surface area contributed by atoms with Crippen LogP contribution in [0.4, 0.5) is 11.4 Å². The standard InChI is InChI=1S/C22H24ClN3O4S/c1-14-12-16-13-19(8-9-20(16)26(14)22(28)15-2-3-15)31(29,30)24-11-10-21(27)25-18-6-4-17(23)5-7-18/h4-9,13-15,24H,2-3,10-12H2,1H3,(H,25,27). The fourth-order valence-corrected chi connectivity index (χ4v) is 4.98. The summed E-state index contributed by atoms with van der Waals surface area (Å²) in [4.78, 5) is 26.6. The zero-order valence-corrected chi connectivity index (χ0v) is 18.7. The molecule has 0 aromatic heterocycles. The molecule has 7 nitrogen and oxygen atoms in total. The van der Waals surface area contributed by atoms with E-state index < -0.39 is 10.0 Å². The van der Waals surface area contributed by atoms with E-state index in [1.807, 2.05) is 6.92 Å². The molecule has 2 aromatic carbocycles. The fourth-order valence-electron chi connectivity index (χ4n) is 3.78. The third kappa shape index (κ3) is 4.92. The molecule has 2 amide bonds. The van der Waals surface area contributed by atoms with Gasteiger partial charge in [0.05, 0.1) is 4.90 Å². The van der Waals surface area contributed by atoms with Crippen LogP contribution in [0.2, 0.25) is 5.02 Å². The average Bonchev–Trinajstić information content (AvgIpc) is 3.51. The Kier molecular flexibility index (Phi) is 6.05. The molecule has 2 N–H and O–H groups in total. The van der Waals surface area contributed by atoms with Gasteiger partial charge in [0.1, 0.15) is 0 Å². The zero-order valence-electron chi connectivity index (χ0n) is 17.1. The summed E-state index contributed by atoms with van der Waals surface area (Å²) in [7, 11) is -3.77. The molecule has 1 aliphatic carbocycles. The average molecular weight is 462 g/mol. The molecule has 164 valence electrons. The number of nitrogens with one attached hydrogen (secondary N) is 2. The van der Waals surface area contributed by atoms with Gasteiger partial charge in [0.2, 0.25) is 21.8 Å². The van der Waals surface area contributed by atoms with Gasteiger partial charge in [-0.25, -0.2) is 13.1 Å². The van der Waals surface area contributed by atoms with Gasteiger partial charge < -0.3 is 10.2 Å². The van der Waals surface area contributed by atoms with Crippen LogP contribution in [-0.2, 0) is 26.0 Å². The van der Waals surface area contributed by atoms with Crippen molar-refractivity contribution in [3.63, 3.8) is 0 Å². The maximum atomic E-state index is 12.7. The molecule has 1 heterocycles. The molecule has 1 aliphatic heterocycles. The summed E-state index contributed by atoms with van der Waals surface area (Å²) < 4.78 is 27.8. The highest BCUT2D eigenvalue weighted by Crippen LogP contribution is 2.39.